The Labute approximate surface area is 193 Å². The van der Waals surface area contributed by atoms with Gasteiger partial charge in [-0.1, -0.05) is 46.2 Å². The number of nitriles is 1. The Bertz CT molecular complexity index is 892. The van der Waals surface area contributed by atoms with Crippen LogP contribution < -0.4 is 0 Å². The van der Waals surface area contributed by atoms with E-state index in [1.807, 2.05) is 0 Å². The lowest BCUT2D eigenvalue weighted by Gasteiger charge is -2.36. The highest BCUT2D eigenvalue weighted by Gasteiger charge is 2.37. The molecule has 0 radical (unpaired) electrons. The molecule has 6 nitrogen and oxygen atoms in total. The van der Waals surface area contributed by atoms with E-state index in [2.05, 4.69) is 46.9 Å². The molecule has 1 aromatic rings. The second kappa shape index (κ2) is 10.9. The molecule has 1 amide bonds. The molecule has 1 heterocycles. The van der Waals surface area contributed by atoms with Crippen molar-refractivity contribution in [2.45, 2.75) is 71.5 Å². The molecular weight excluding hydrogens is 420 g/mol. The van der Waals surface area contributed by atoms with Crippen molar-refractivity contribution in [2.24, 2.45) is 0 Å². The van der Waals surface area contributed by atoms with Crippen LogP contribution >= 0.6 is 0 Å². The first-order valence-corrected chi connectivity index (χ1v) is 14.3. The van der Waals surface area contributed by atoms with Crippen LogP contribution in [0.1, 0.15) is 64.5 Å². The maximum Gasteiger partial charge on any atom is 0.414 e. The number of rotatable bonds is 10. The molecule has 0 atom stereocenters. The third-order valence-electron chi connectivity index (χ3n) is 6.32. The fraction of sp³-hybridized carbons (Fsp3) is 0.560. The Kier molecular flexibility index (Phi) is 8.82. The number of hydrogen-bond donors (Lipinski definition) is 0. The average molecular weight is 457 g/mol. The molecule has 0 aromatic heterocycles. The smallest absolute Gasteiger partial charge is 0.414 e. The summed E-state index contributed by atoms with van der Waals surface area (Å²) in [5, 5.41) is 9.23. The quantitative estimate of drug-likeness (QED) is 0.324. The van der Waals surface area contributed by atoms with Crippen LogP contribution in [-0.4, -0.2) is 44.9 Å². The standard InChI is InChI=1S/C25H36N2O4Si/c1-7-8-9-22(28)21(14-16-31-32(5,6)25(2,3)4)23(27-15-17-30-24(27)29)20-12-10-19(18-26)11-13-20/h10-13H,7-9,14-17H2,1-6H3/b23-21+. The lowest BCUT2D eigenvalue weighted by molar-refractivity contribution is -0.115. The molecule has 32 heavy (non-hydrogen) atoms. The molecule has 0 bridgehead atoms. The number of ether oxygens (including phenoxy) is 1. The molecule has 0 N–H and O–H groups in total. The van der Waals surface area contributed by atoms with Gasteiger partial charge in [-0.2, -0.15) is 5.26 Å². The van der Waals surface area contributed by atoms with Crippen molar-refractivity contribution in [3.8, 4) is 6.07 Å². The van der Waals surface area contributed by atoms with E-state index in [1.54, 1.807) is 29.2 Å². The Hall–Kier alpha value is -2.43. The van der Waals surface area contributed by atoms with Crippen LogP contribution in [0, 0.1) is 11.3 Å². The first-order valence-electron chi connectivity index (χ1n) is 11.4. The molecule has 1 aliphatic heterocycles. The molecule has 1 saturated heterocycles. The third-order valence-corrected chi connectivity index (χ3v) is 10.9. The highest BCUT2D eigenvalue weighted by molar-refractivity contribution is 6.74. The minimum Gasteiger partial charge on any atom is -0.447 e. The van der Waals surface area contributed by atoms with Gasteiger partial charge in [0.05, 0.1) is 23.9 Å². The van der Waals surface area contributed by atoms with Crippen LogP contribution in [-0.2, 0) is 14.0 Å². The van der Waals surface area contributed by atoms with Gasteiger partial charge in [0, 0.05) is 25.0 Å². The fourth-order valence-corrected chi connectivity index (χ4v) is 4.34. The van der Waals surface area contributed by atoms with E-state index in [0.29, 0.717) is 42.8 Å². The number of amides is 1. The van der Waals surface area contributed by atoms with Gasteiger partial charge in [-0.25, -0.2) is 4.79 Å². The number of unbranched alkanes of at least 4 members (excludes halogenated alkanes) is 1. The van der Waals surface area contributed by atoms with Crippen LogP contribution in [0.4, 0.5) is 4.79 Å². The van der Waals surface area contributed by atoms with Crippen LogP contribution in [0.25, 0.3) is 5.70 Å². The summed E-state index contributed by atoms with van der Waals surface area (Å²) >= 11 is 0. The normalized spacial score (nSPS) is 15.3. The van der Waals surface area contributed by atoms with Crippen molar-refractivity contribution in [2.75, 3.05) is 19.8 Å². The molecular formula is C25H36N2O4Si. The summed E-state index contributed by atoms with van der Waals surface area (Å²) in [5.41, 5.74) is 2.44. The minimum absolute atomic E-state index is 0.0322. The molecule has 1 fully saturated rings. The summed E-state index contributed by atoms with van der Waals surface area (Å²) in [7, 11) is -1.98. The average Bonchev–Trinajstić information content (AvgIpc) is 3.16. The number of carbonyl (C=O) groups is 2. The molecule has 174 valence electrons. The number of Topliss-reactive ketones (excluding diaryl/α,β-unsaturated/α-hetero) is 1. The molecule has 2 rings (SSSR count). The Morgan fingerprint density at radius 3 is 2.38 bits per heavy atom. The maximum atomic E-state index is 13.3. The Balaban J connectivity index is 2.49. The van der Waals surface area contributed by atoms with Crippen LogP contribution in [0.2, 0.25) is 18.1 Å². The monoisotopic (exact) mass is 456 g/mol. The number of cyclic esters (lactones) is 1. The minimum atomic E-state index is -1.98. The van der Waals surface area contributed by atoms with E-state index in [4.69, 9.17) is 14.4 Å². The summed E-state index contributed by atoms with van der Waals surface area (Å²) in [6.07, 6.45) is 2.10. The largest absolute Gasteiger partial charge is 0.447 e. The lowest BCUT2D eigenvalue weighted by atomic mass is 9.96. The van der Waals surface area contributed by atoms with Gasteiger partial charge in [0.2, 0.25) is 0 Å². The number of nitrogens with zero attached hydrogens (tertiary/aromatic N) is 2. The predicted octanol–water partition coefficient (Wildman–Crippen LogP) is 5.89. The SMILES string of the molecule is CCCCC(=O)/C(CCO[Si](C)(C)C(C)(C)C)=C(\c1ccc(C#N)cc1)N1CCOC1=O. The first kappa shape index (κ1) is 25.8. The van der Waals surface area contributed by atoms with Gasteiger partial charge in [-0.15, -0.1) is 0 Å². The van der Waals surface area contributed by atoms with E-state index in [9.17, 15) is 9.59 Å². The summed E-state index contributed by atoms with van der Waals surface area (Å²) in [6, 6.07) is 9.11. The number of benzene rings is 1. The topological polar surface area (TPSA) is 79.6 Å². The first-order chi connectivity index (χ1) is 15.0. The van der Waals surface area contributed by atoms with Crippen molar-refractivity contribution in [1.29, 1.82) is 5.26 Å². The number of carbonyl (C=O) groups excluding carboxylic acids is 2. The van der Waals surface area contributed by atoms with Crippen LogP contribution in [0.3, 0.4) is 0 Å². The van der Waals surface area contributed by atoms with Gasteiger partial charge in [-0.3, -0.25) is 9.69 Å². The Morgan fingerprint density at radius 1 is 1.22 bits per heavy atom. The highest BCUT2D eigenvalue weighted by atomic mass is 28.4. The number of ketones is 1. The molecule has 1 aromatic carbocycles. The second-order valence-electron chi connectivity index (χ2n) is 9.67. The summed E-state index contributed by atoms with van der Waals surface area (Å²) in [6.45, 7) is 14.1. The van der Waals surface area contributed by atoms with Gasteiger partial charge < -0.3 is 9.16 Å². The molecule has 1 aliphatic rings. The molecule has 0 saturated carbocycles. The second-order valence-corrected chi connectivity index (χ2v) is 14.5. The van der Waals surface area contributed by atoms with Gasteiger partial charge in [0.25, 0.3) is 0 Å². The highest BCUT2D eigenvalue weighted by Crippen LogP contribution is 2.37. The van der Waals surface area contributed by atoms with E-state index in [0.717, 1.165) is 18.4 Å². The third kappa shape index (κ3) is 6.30. The zero-order valence-corrected chi connectivity index (χ0v) is 21.3. The molecule has 0 spiro atoms. The van der Waals surface area contributed by atoms with Crippen molar-refractivity contribution >= 4 is 25.9 Å². The van der Waals surface area contributed by atoms with Crippen molar-refractivity contribution in [1.82, 2.24) is 4.90 Å². The zero-order valence-electron chi connectivity index (χ0n) is 20.3. The predicted molar refractivity (Wildman–Crippen MR) is 128 cm³/mol. The van der Waals surface area contributed by atoms with Gasteiger partial charge in [0.15, 0.2) is 14.1 Å². The molecule has 0 aliphatic carbocycles. The van der Waals surface area contributed by atoms with Crippen molar-refractivity contribution in [3.05, 3.63) is 41.0 Å². The van der Waals surface area contributed by atoms with Crippen molar-refractivity contribution < 1.29 is 18.8 Å². The van der Waals surface area contributed by atoms with E-state index >= 15 is 0 Å². The van der Waals surface area contributed by atoms with E-state index in [-0.39, 0.29) is 17.4 Å². The van der Waals surface area contributed by atoms with Crippen molar-refractivity contribution in [3.63, 3.8) is 0 Å². The van der Waals surface area contributed by atoms with E-state index < -0.39 is 14.4 Å². The molecule has 7 heteroatoms. The van der Waals surface area contributed by atoms with Gasteiger partial charge in [-0.05, 0) is 42.2 Å². The summed E-state index contributed by atoms with van der Waals surface area (Å²) < 4.78 is 11.6. The zero-order chi connectivity index (χ0) is 23.9. The maximum absolute atomic E-state index is 13.3. The fourth-order valence-electron chi connectivity index (χ4n) is 3.30. The van der Waals surface area contributed by atoms with Crippen LogP contribution in [0.15, 0.2) is 29.8 Å². The summed E-state index contributed by atoms with van der Waals surface area (Å²) in [4.78, 5) is 27.4. The Morgan fingerprint density at radius 2 is 1.88 bits per heavy atom. The number of hydrogen-bond acceptors (Lipinski definition) is 5. The van der Waals surface area contributed by atoms with E-state index in [1.165, 1.54) is 0 Å². The van der Waals surface area contributed by atoms with Gasteiger partial charge >= 0.3 is 6.09 Å². The van der Waals surface area contributed by atoms with Crippen LogP contribution in [0.5, 0.6) is 0 Å². The summed E-state index contributed by atoms with van der Waals surface area (Å²) in [5.74, 6) is 0.0322. The molecule has 0 unspecified atom stereocenters. The lowest BCUT2D eigenvalue weighted by Crippen LogP contribution is -2.41. The van der Waals surface area contributed by atoms with Gasteiger partial charge in [0.1, 0.15) is 6.61 Å².